The molecule has 0 spiro atoms. The smallest absolute Gasteiger partial charge is 0.170 e. The van der Waals surface area contributed by atoms with E-state index in [4.69, 9.17) is 0 Å². The van der Waals surface area contributed by atoms with Gasteiger partial charge in [0, 0.05) is 25.7 Å². The first-order valence-electron chi connectivity index (χ1n) is 11.4. The number of aryl methyl sites for hydroxylation is 1. The molecule has 7 heteroatoms. The van der Waals surface area contributed by atoms with Crippen LogP contribution in [0.15, 0.2) is 42.7 Å². The lowest BCUT2D eigenvalue weighted by molar-refractivity contribution is 0.00645. The van der Waals surface area contributed by atoms with Crippen molar-refractivity contribution in [3.63, 3.8) is 0 Å². The van der Waals surface area contributed by atoms with Gasteiger partial charge in [0.25, 0.3) is 0 Å². The number of piperidine rings is 1. The summed E-state index contributed by atoms with van der Waals surface area (Å²) in [7, 11) is 0. The van der Waals surface area contributed by atoms with Gasteiger partial charge in [0.05, 0.1) is 28.7 Å². The SMILES string of the molecule is Cc1cc(CC(=O)c2cnn(-c3ccc(F)cc3)c2C)cnc1N1CCC(C(C)(C)O)CC1. The molecule has 0 aliphatic carbocycles. The van der Waals surface area contributed by atoms with Gasteiger partial charge >= 0.3 is 0 Å². The Balaban J connectivity index is 1.44. The Morgan fingerprint density at radius 2 is 1.82 bits per heavy atom. The molecule has 1 aliphatic rings. The maximum atomic E-state index is 13.2. The van der Waals surface area contributed by atoms with Crippen LogP contribution < -0.4 is 4.90 Å². The number of carbonyl (C=O) groups excluding carboxylic acids is 1. The van der Waals surface area contributed by atoms with E-state index >= 15 is 0 Å². The van der Waals surface area contributed by atoms with Crippen molar-refractivity contribution in [2.45, 2.75) is 52.6 Å². The van der Waals surface area contributed by atoms with Crippen LogP contribution >= 0.6 is 0 Å². The average Bonchev–Trinajstić information content (AvgIpc) is 3.15. The minimum atomic E-state index is -0.651. The van der Waals surface area contributed by atoms with Crippen LogP contribution in [0.1, 0.15) is 53.9 Å². The predicted octanol–water partition coefficient (Wildman–Crippen LogP) is 4.44. The molecule has 2 aromatic heterocycles. The molecular formula is C26H31FN4O2. The zero-order chi connectivity index (χ0) is 23.8. The Morgan fingerprint density at radius 1 is 1.15 bits per heavy atom. The van der Waals surface area contributed by atoms with Gasteiger partial charge in [0.2, 0.25) is 0 Å². The van der Waals surface area contributed by atoms with E-state index in [2.05, 4.69) is 15.0 Å². The lowest BCUT2D eigenvalue weighted by atomic mass is 9.83. The first-order chi connectivity index (χ1) is 15.6. The van der Waals surface area contributed by atoms with Gasteiger partial charge in [0.1, 0.15) is 11.6 Å². The van der Waals surface area contributed by atoms with Gasteiger partial charge in [-0.1, -0.05) is 6.07 Å². The van der Waals surface area contributed by atoms with Gasteiger partial charge in [-0.15, -0.1) is 0 Å². The van der Waals surface area contributed by atoms with Crippen molar-refractivity contribution in [1.29, 1.82) is 0 Å². The van der Waals surface area contributed by atoms with Gasteiger partial charge < -0.3 is 10.0 Å². The summed E-state index contributed by atoms with van der Waals surface area (Å²) in [6.07, 6.45) is 5.46. The van der Waals surface area contributed by atoms with E-state index in [9.17, 15) is 14.3 Å². The third-order valence-corrected chi connectivity index (χ3v) is 6.65. The molecule has 3 heterocycles. The fraction of sp³-hybridized carbons (Fsp3) is 0.423. The third-order valence-electron chi connectivity index (χ3n) is 6.65. The highest BCUT2D eigenvalue weighted by Crippen LogP contribution is 2.31. The highest BCUT2D eigenvalue weighted by molar-refractivity contribution is 5.98. The molecule has 0 atom stereocenters. The normalized spacial score (nSPS) is 15.2. The van der Waals surface area contributed by atoms with Gasteiger partial charge in [-0.05, 0) is 81.8 Å². The molecule has 1 N–H and O–H groups in total. The molecule has 6 nitrogen and oxygen atoms in total. The fourth-order valence-electron chi connectivity index (χ4n) is 4.66. The number of carbonyl (C=O) groups is 1. The Labute approximate surface area is 194 Å². The molecule has 3 aromatic rings. The molecule has 1 saturated heterocycles. The van der Waals surface area contributed by atoms with Gasteiger partial charge in [-0.25, -0.2) is 14.1 Å². The van der Waals surface area contributed by atoms with Crippen LogP contribution in [0.3, 0.4) is 0 Å². The lowest BCUT2D eigenvalue weighted by Crippen LogP contribution is -2.42. The Hall–Kier alpha value is -3.06. The number of ketones is 1. The largest absolute Gasteiger partial charge is 0.390 e. The number of nitrogens with zero attached hydrogens (tertiary/aromatic N) is 4. The molecule has 174 valence electrons. The number of rotatable bonds is 6. The number of hydrogen-bond donors (Lipinski definition) is 1. The minimum absolute atomic E-state index is 0.0270. The van der Waals surface area contributed by atoms with E-state index in [1.54, 1.807) is 29.2 Å². The van der Waals surface area contributed by atoms with Crippen molar-refractivity contribution in [3.8, 4) is 5.69 Å². The van der Waals surface area contributed by atoms with E-state index in [0.29, 0.717) is 17.2 Å². The quantitative estimate of drug-likeness (QED) is 0.563. The zero-order valence-electron chi connectivity index (χ0n) is 19.7. The van der Waals surface area contributed by atoms with Gasteiger partial charge in [-0.2, -0.15) is 5.10 Å². The van der Waals surface area contributed by atoms with Crippen LogP contribution in [0.25, 0.3) is 5.69 Å². The predicted molar refractivity (Wildman–Crippen MR) is 127 cm³/mol. The fourth-order valence-corrected chi connectivity index (χ4v) is 4.66. The van der Waals surface area contributed by atoms with Crippen molar-refractivity contribution >= 4 is 11.6 Å². The van der Waals surface area contributed by atoms with Crippen LogP contribution in [-0.2, 0) is 6.42 Å². The van der Waals surface area contributed by atoms with Crippen LogP contribution in [0, 0.1) is 25.6 Å². The highest BCUT2D eigenvalue weighted by atomic mass is 19.1. The van der Waals surface area contributed by atoms with Gasteiger partial charge in [-0.3, -0.25) is 4.79 Å². The summed E-state index contributed by atoms with van der Waals surface area (Å²) in [6.45, 7) is 9.36. The molecule has 0 unspecified atom stereocenters. The number of aromatic nitrogens is 3. The first kappa shape index (κ1) is 23.1. The monoisotopic (exact) mass is 450 g/mol. The molecule has 1 aromatic carbocycles. The number of hydrogen-bond acceptors (Lipinski definition) is 5. The van der Waals surface area contributed by atoms with Crippen LogP contribution in [0.5, 0.6) is 0 Å². The Morgan fingerprint density at radius 3 is 2.42 bits per heavy atom. The zero-order valence-corrected chi connectivity index (χ0v) is 19.7. The Bertz CT molecular complexity index is 1140. The average molecular weight is 451 g/mol. The second kappa shape index (κ2) is 9.06. The molecule has 1 aliphatic heterocycles. The van der Waals surface area contributed by atoms with Crippen molar-refractivity contribution in [2.24, 2.45) is 5.92 Å². The summed E-state index contributed by atoms with van der Waals surface area (Å²) >= 11 is 0. The van der Waals surface area contributed by atoms with E-state index in [-0.39, 0.29) is 18.0 Å². The summed E-state index contributed by atoms with van der Waals surface area (Å²) in [5.74, 6) is 0.902. The van der Waals surface area contributed by atoms with Crippen molar-refractivity contribution in [1.82, 2.24) is 14.8 Å². The lowest BCUT2D eigenvalue weighted by Gasteiger charge is -2.38. The third kappa shape index (κ3) is 4.98. The number of benzene rings is 1. The first-order valence-corrected chi connectivity index (χ1v) is 11.4. The summed E-state index contributed by atoms with van der Waals surface area (Å²) < 4.78 is 14.9. The van der Waals surface area contributed by atoms with E-state index in [1.807, 2.05) is 33.8 Å². The highest BCUT2D eigenvalue weighted by Gasteiger charge is 2.31. The number of anilines is 1. The van der Waals surface area contributed by atoms with Crippen molar-refractivity contribution < 1.29 is 14.3 Å². The summed E-state index contributed by atoms with van der Waals surface area (Å²) in [5, 5.41) is 14.6. The molecule has 0 bridgehead atoms. The number of halogens is 1. The van der Waals surface area contributed by atoms with Gasteiger partial charge in [0.15, 0.2) is 5.78 Å². The van der Waals surface area contributed by atoms with Crippen LogP contribution in [0.2, 0.25) is 0 Å². The van der Waals surface area contributed by atoms with Crippen molar-refractivity contribution in [2.75, 3.05) is 18.0 Å². The van der Waals surface area contributed by atoms with E-state index in [0.717, 1.165) is 48.6 Å². The topological polar surface area (TPSA) is 71.2 Å². The molecule has 33 heavy (non-hydrogen) atoms. The maximum absolute atomic E-state index is 13.2. The minimum Gasteiger partial charge on any atom is -0.390 e. The maximum Gasteiger partial charge on any atom is 0.170 e. The summed E-state index contributed by atoms with van der Waals surface area (Å²) in [6, 6.07) is 8.06. The van der Waals surface area contributed by atoms with E-state index in [1.165, 1.54) is 12.1 Å². The van der Waals surface area contributed by atoms with E-state index < -0.39 is 5.60 Å². The summed E-state index contributed by atoms with van der Waals surface area (Å²) in [5.41, 5.74) is 3.24. The van der Waals surface area contributed by atoms with Crippen LogP contribution in [0.4, 0.5) is 10.2 Å². The molecule has 0 saturated carbocycles. The van der Waals surface area contributed by atoms with Crippen LogP contribution in [-0.4, -0.2) is 44.3 Å². The Kier molecular flexibility index (Phi) is 6.34. The van der Waals surface area contributed by atoms with Crippen molar-refractivity contribution in [3.05, 3.63) is 70.9 Å². The molecule has 4 rings (SSSR count). The summed E-state index contributed by atoms with van der Waals surface area (Å²) in [4.78, 5) is 19.9. The second-order valence-corrected chi connectivity index (χ2v) is 9.53. The molecule has 0 radical (unpaired) electrons. The number of Topliss-reactive ketones (excluding diaryl/α,β-unsaturated/α-hetero) is 1. The second-order valence-electron chi connectivity index (χ2n) is 9.53. The molecule has 0 amide bonds. The number of pyridine rings is 1. The standard InChI is InChI=1S/C26H31FN4O2/c1-17-13-19(15-28-25(17)30-11-9-20(10-12-30)26(3,4)33)14-24(32)23-16-29-31(18(23)2)22-7-5-21(27)6-8-22/h5-8,13,15-16,20,33H,9-12,14H2,1-4H3. The molecular weight excluding hydrogens is 419 g/mol. The molecule has 1 fully saturated rings. The number of aliphatic hydroxyl groups is 1.